The maximum absolute atomic E-state index is 10.1. The second-order valence-electron chi connectivity index (χ2n) is 5.78. The van der Waals surface area contributed by atoms with Crippen LogP contribution in [0.3, 0.4) is 0 Å². The monoisotopic (exact) mass is 365 g/mol. The molecule has 0 aliphatic carbocycles. The molecule has 0 aromatic heterocycles. The van der Waals surface area contributed by atoms with Gasteiger partial charge in [-0.1, -0.05) is 53.3 Å². The summed E-state index contributed by atoms with van der Waals surface area (Å²) in [5.41, 5.74) is -0.393. The van der Waals surface area contributed by atoms with E-state index < -0.39 is 36.5 Å². The van der Waals surface area contributed by atoms with Gasteiger partial charge in [-0.3, -0.25) is 0 Å². The molecule has 8 heteroatoms. The van der Waals surface area contributed by atoms with Crippen LogP contribution in [-0.4, -0.2) is 67.1 Å². The van der Waals surface area contributed by atoms with E-state index in [0.29, 0.717) is 5.56 Å². The molecule has 7 nitrogen and oxygen atoms in total. The van der Waals surface area contributed by atoms with E-state index in [1.807, 2.05) is 36.4 Å². The van der Waals surface area contributed by atoms with Crippen LogP contribution < -0.4 is 0 Å². The normalized spacial score (nSPS) is 30.6. The number of oxime groups is 1. The molecule has 2 aromatic rings. The highest BCUT2D eigenvalue weighted by Crippen LogP contribution is 2.31. The minimum atomic E-state index is -1.47. The Labute approximate surface area is 148 Å². The molecule has 1 fully saturated rings. The van der Waals surface area contributed by atoms with Gasteiger partial charge in [0.1, 0.15) is 34.9 Å². The van der Waals surface area contributed by atoms with E-state index in [4.69, 9.17) is 4.74 Å². The molecular formula is C17H19NO6S. The van der Waals surface area contributed by atoms with E-state index in [1.54, 1.807) is 6.07 Å². The van der Waals surface area contributed by atoms with Crippen LogP contribution >= 0.6 is 11.8 Å². The Hall–Kier alpha value is -1.68. The summed E-state index contributed by atoms with van der Waals surface area (Å²) < 4.78 is 5.43. The number of fused-ring (bicyclic) bond motifs is 1. The maximum Gasteiger partial charge on any atom is 0.145 e. The summed E-state index contributed by atoms with van der Waals surface area (Å²) in [6.45, 7) is -0.510. The number of benzene rings is 2. The first-order chi connectivity index (χ1) is 12.0. The van der Waals surface area contributed by atoms with E-state index in [0.717, 1.165) is 22.5 Å². The van der Waals surface area contributed by atoms with Crippen molar-refractivity contribution >= 4 is 27.6 Å². The smallest absolute Gasteiger partial charge is 0.145 e. The van der Waals surface area contributed by atoms with Gasteiger partial charge in [0, 0.05) is 5.56 Å². The van der Waals surface area contributed by atoms with Crippen LogP contribution in [0.2, 0.25) is 0 Å². The Morgan fingerprint density at radius 1 is 1.00 bits per heavy atom. The zero-order valence-corrected chi connectivity index (χ0v) is 14.0. The molecule has 0 amide bonds. The Kier molecular flexibility index (Phi) is 5.57. The lowest BCUT2D eigenvalue weighted by molar-refractivity contribution is -0.205. The first-order valence-electron chi connectivity index (χ1n) is 7.73. The molecule has 0 saturated carbocycles. The summed E-state index contributed by atoms with van der Waals surface area (Å²) in [4.78, 5) is 0. The van der Waals surface area contributed by atoms with Crippen molar-refractivity contribution in [1.82, 2.24) is 0 Å². The van der Waals surface area contributed by atoms with E-state index >= 15 is 0 Å². The summed E-state index contributed by atoms with van der Waals surface area (Å²) in [5, 5.41) is 53.9. The molecule has 2 aromatic carbocycles. The topological polar surface area (TPSA) is 123 Å². The fourth-order valence-electron chi connectivity index (χ4n) is 2.75. The first kappa shape index (κ1) is 18.1. The molecule has 3 rings (SSSR count). The van der Waals surface area contributed by atoms with Gasteiger partial charge < -0.3 is 30.4 Å². The number of hydrogen-bond donors (Lipinski definition) is 5. The average molecular weight is 365 g/mol. The lowest BCUT2D eigenvalue weighted by Gasteiger charge is -2.39. The van der Waals surface area contributed by atoms with E-state index in [-0.39, 0.29) is 5.04 Å². The van der Waals surface area contributed by atoms with Crippen molar-refractivity contribution < 1.29 is 30.4 Å². The van der Waals surface area contributed by atoms with Crippen LogP contribution in [0, 0.1) is 0 Å². The van der Waals surface area contributed by atoms with Gasteiger partial charge in [-0.2, -0.15) is 0 Å². The Balaban J connectivity index is 1.83. The lowest BCUT2D eigenvalue weighted by atomic mass is 10.0. The Bertz CT molecular complexity index is 768. The molecule has 1 aliphatic rings. The zero-order chi connectivity index (χ0) is 18.0. The fraction of sp³-hybridized carbons (Fsp3) is 0.353. The third-order valence-corrected chi connectivity index (χ3v) is 5.33. The lowest BCUT2D eigenvalue weighted by Crippen LogP contribution is -2.57. The summed E-state index contributed by atoms with van der Waals surface area (Å²) in [6.07, 6.45) is -5.31. The first-order valence-corrected chi connectivity index (χ1v) is 8.61. The predicted molar refractivity (Wildman–Crippen MR) is 93.6 cm³/mol. The van der Waals surface area contributed by atoms with E-state index in [9.17, 15) is 25.6 Å². The highest BCUT2D eigenvalue weighted by molar-refractivity contribution is 8.14. The molecule has 0 radical (unpaired) electrons. The fourth-order valence-corrected chi connectivity index (χ4v) is 3.78. The third-order valence-electron chi connectivity index (χ3n) is 4.16. The number of hydrogen-bond acceptors (Lipinski definition) is 8. The van der Waals surface area contributed by atoms with Crippen molar-refractivity contribution in [1.29, 1.82) is 0 Å². The highest BCUT2D eigenvalue weighted by Gasteiger charge is 2.44. The van der Waals surface area contributed by atoms with Crippen LogP contribution in [0.1, 0.15) is 5.56 Å². The molecule has 0 bridgehead atoms. The Morgan fingerprint density at radius 3 is 2.40 bits per heavy atom. The molecule has 5 atom stereocenters. The molecule has 134 valence electrons. The number of rotatable bonds is 3. The van der Waals surface area contributed by atoms with Gasteiger partial charge in [0.15, 0.2) is 0 Å². The van der Waals surface area contributed by atoms with Gasteiger partial charge in [-0.05, 0) is 16.8 Å². The van der Waals surface area contributed by atoms with Crippen molar-refractivity contribution in [3.63, 3.8) is 0 Å². The molecule has 1 aliphatic heterocycles. The van der Waals surface area contributed by atoms with Crippen molar-refractivity contribution in [3.8, 4) is 0 Å². The van der Waals surface area contributed by atoms with Gasteiger partial charge in [-0.25, -0.2) is 0 Å². The molecule has 0 spiro atoms. The van der Waals surface area contributed by atoms with Crippen LogP contribution in [0.15, 0.2) is 47.6 Å². The second kappa shape index (κ2) is 7.69. The average Bonchev–Trinajstić information content (AvgIpc) is 2.65. The maximum atomic E-state index is 10.1. The zero-order valence-electron chi connectivity index (χ0n) is 13.1. The summed E-state index contributed by atoms with van der Waals surface area (Å²) in [5.74, 6) is 0. The van der Waals surface area contributed by atoms with E-state index in [1.165, 1.54) is 0 Å². The van der Waals surface area contributed by atoms with Crippen molar-refractivity contribution in [2.24, 2.45) is 5.16 Å². The summed E-state index contributed by atoms with van der Waals surface area (Å²) in [6, 6.07) is 13.2. The number of thioether (sulfide) groups is 1. The van der Waals surface area contributed by atoms with Crippen LogP contribution in [0.5, 0.6) is 0 Å². The predicted octanol–water partition coefficient (Wildman–Crippen LogP) is 0.509. The number of ether oxygens (including phenoxy) is 1. The number of aliphatic hydroxyl groups is 4. The Morgan fingerprint density at radius 2 is 1.72 bits per heavy atom. The largest absolute Gasteiger partial charge is 0.410 e. The SMILES string of the molecule is OC[C@H]1O[C@@H](S/C(=N\O)c2ccc3ccccc3c2)[C@H](O)[C@@H](O)[C@@H]1O. The van der Waals surface area contributed by atoms with Gasteiger partial charge in [0.2, 0.25) is 0 Å². The highest BCUT2D eigenvalue weighted by atomic mass is 32.2. The molecule has 0 unspecified atom stereocenters. The second-order valence-corrected chi connectivity index (χ2v) is 6.87. The molecule has 1 saturated heterocycles. The number of nitrogens with zero attached hydrogens (tertiary/aromatic N) is 1. The summed E-state index contributed by atoms with van der Waals surface area (Å²) >= 11 is 0.906. The quantitative estimate of drug-likeness (QED) is 0.232. The van der Waals surface area contributed by atoms with Crippen LogP contribution in [0.4, 0.5) is 0 Å². The van der Waals surface area contributed by atoms with Crippen molar-refractivity contribution in [2.75, 3.05) is 6.61 Å². The molecular weight excluding hydrogens is 346 g/mol. The van der Waals surface area contributed by atoms with Gasteiger partial charge >= 0.3 is 0 Å². The van der Waals surface area contributed by atoms with E-state index in [2.05, 4.69) is 5.16 Å². The summed E-state index contributed by atoms with van der Waals surface area (Å²) in [7, 11) is 0. The minimum absolute atomic E-state index is 0.190. The van der Waals surface area contributed by atoms with Crippen molar-refractivity contribution in [3.05, 3.63) is 48.0 Å². The standard InChI is InChI=1S/C17H19NO6S/c19-8-12-13(20)14(21)15(22)17(24-12)25-16(18-23)11-6-5-9-3-1-2-4-10(9)7-11/h1-7,12-15,17,19-23H,8H2/b18-16-/t12-,13-,14+,15-,17+/m1/s1. The molecule has 5 N–H and O–H groups in total. The molecule has 25 heavy (non-hydrogen) atoms. The van der Waals surface area contributed by atoms with Gasteiger partial charge in [-0.15, -0.1) is 0 Å². The minimum Gasteiger partial charge on any atom is -0.410 e. The van der Waals surface area contributed by atoms with Crippen LogP contribution in [0.25, 0.3) is 10.8 Å². The number of aliphatic hydroxyl groups excluding tert-OH is 4. The third kappa shape index (κ3) is 3.64. The van der Waals surface area contributed by atoms with Crippen LogP contribution in [-0.2, 0) is 4.74 Å². The van der Waals surface area contributed by atoms with Crippen molar-refractivity contribution in [2.45, 2.75) is 29.9 Å². The van der Waals surface area contributed by atoms with Gasteiger partial charge in [0.25, 0.3) is 0 Å². The van der Waals surface area contributed by atoms with Gasteiger partial charge in [0.05, 0.1) is 6.61 Å². The molecule has 1 heterocycles.